The van der Waals surface area contributed by atoms with Crippen molar-refractivity contribution < 1.29 is 4.39 Å². The number of hydrogen-bond donors (Lipinski definition) is 2. The molecule has 0 aliphatic heterocycles. The second-order valence-corrected chi connectivity index (χ2v) is 5.61. The zero-order chi connectivity index (χ0) is 15.2. The van der Waals surface area contributed by atoms with E-state index in [1.54, 1.807) is 12.4 Å². The van der Waals surface area contributed by atoms with Crippen LogP contribution in [0.25, 0.3) is 0 Å². The monoisotopic (exact) mass is 401 g/mol. The predicted molar refractivity (Wildman–Crippen MR) is 90.4 cm³/mol. The lowest BCUT2D eigenvalue weighted by atomic mass is 10.2. The number of hydrogen-bond acceptors (Lipinski definition) is 5. The molecule has 112 valence electrons. The lowest BCUT2D eigenvalue weighted by Gasteiger charge is -2.10. The molecule has 2 N–H and O–H groups in total. The van der Waals surface area contributed by atoms with Crippen LogP contribution in [0.15, 0.2) is 18.5 Å². The number of aromatic nitrogens is 3. The quantitative estimate of drug-likeness (QED) is 0.723. The maximum atomic E-state index is 13.7. The summed E-state index contributed by atoms with van der Waals surface area (Å²) in [5.41, 5.74) is 0.988. The van der Waals surface area contributed by atoms with Gasteiger partial charge in [-0.25, -0.2) is 9.37 Å². The third-order valence-corrected chi connectivity index (χ3v) is 3.58. The van der Waals surface area contributed by atoms with Gasteiger partial charge < -0.3 is 10.6 Å². The summed E-state index contributed by atoms with van der Waals surface area (Å²) in [4.78, 5) is 12.7. The Morgan fingerprint density at radius 3 is 2.71 bits per heavy atom. The highest BCUT2D eigenvalue weighted by atomic mass is 127. The van der Waals surface area contributed by atoms with E-state index in [-0.39, 0.29) is 5.82 Å². The zero-order valence-corrected chi connectivity index (χ0v) is 14.1. The van der Waals surface area contributed by atoms with Gasteiger partial charge in [0.2, 0.25) is 5.95 Å². The van der Waals surface area contributed by atoms with Crippen molar-refractivity contribution in [2.75, 3.05) is 17.2 Å². The molecule has 0 bridgehead atoms. The highest BCUT2D eigenvalue weighted by molar-refractivity contribution is 14.1. The molecule has 0 saturated heterocycles. The number of anilines is 3. The van der Waals surface area contributed by atoms with E-state index in [1.165, 1.54) is 6.07 Å². The van der Waals surface area contributed by atoms with E-state index in [0.29, 0.717) is 23.8 Å². The molecule has 5 nitrogen and oxygen atoms in total. The SMILES string of the molecule is CCCNc1nc(Nc2cnc(CC)c(F)c2)ncc1I. The number of halogens is 2. The molecule has 0 atom stereocenters. The van der Waals surface area contributed by atoms with Gasteiger partial charge in [0.15, 0.2) is 0 Å². The van der Waals surface area contributed by atoms with Gasteiger partial charge in [0.05, 0.1) is 21.1 Å². The average molecular weight is 401 g/mol. The van der Waals surface area contributed by atoms with Gasteiger partial charge in [-0.05, 0) is 35.4 Å². The smallest absolute Gasteiger partial charge is 0.229 e. The molecule has 21 heavy (non-hydrogen) atoms. The summed E-state index contributed by atoms with van der Waals surface area (Å²) < 4.78 is 14.6. The third kappa shape index (κ3) is 4.23. The van der Waals surface area contributed by atoms with Gasteiger partial charge in [-0.3, -0.25) is 4.98 Å². The molecule has 0 unspecified atom stereocenters. The van der Waals surface area contributed by atoms with E-state index in [0.717, 1.165) is 22.4 Å². The molecule has 0 aliphatic rings. The predicted octanol–water partition coefficient (Wildman–Crippen LogP) is 3.74. The van der Waals surface area contributed by atoms with Crippen LogP contribution in [0.5, 0.6) is 0 Å². The molecule has 0 amide bonds. The van der Waals surface area contributed by atoms with Crippen LogP contribution in [-0.4, -0.2) is 21.5 Å². The van der Waals surface area contributed by atoms with Crippen LogP contribution in [0.2, 0.25) is 0 Å². The minimum absolute atomic E-state index is 0.322. The maximum Gasteiger partial charge on any atom is 0.229 e. The summed E-state index contributed by atoms with van der Waals surface area (Å²) >= 11 is 2.17. The van der Waals surface area contributed by atoms with E-state index < -0.39 is 0 Å². The lowest BCUT2D eigenvalue weighted by molar-refractivity contribution is 0.602. The first-order valence-corrected chi connectivity index (χ1v) is 7.89. The number of aryl methyl sites for hydroxylation is 1. The van der Waals surface area contributed by atoms with Gasteiger partial charge in [-0.1, -0.05) is 13.8 Å². The van der Waals surface area contributed by atoms with Crippen LogP contribution < -0.4 is 10.6 Å². The summed E-state index contributed by atoms with van der Waals surface area (Å²) in [7, 11) is 0. The first-order valence-electron chi connectivity index (χ1n) is 6.81. The molecule has 0 aromatic carbocycles. The molecule has 0 radical (unpaired) electrons. The van der Waals surface area contributed by atoms with E-state index in [2.05, 4.69) is 55.1 Å². The summed E-state index contributed by atoms with van der Waals surface area (Å²) in [6.07, 6.45) is 4.88. The standard InChI is InChI=1S/C14H17FIN5/c1-3-5-17-13-11(16)8-19-14(21-13)20-9-6-10(15)12(4-2)18-7-9/h6-8H,3-5H2,1-2H3,(H2,17,19,20,21). The normalized spacial score (nSPS) is 10.5. The first-order chi connectivity index (χ1) is 10.1. The Bertz CT molecular complexity index is 620. The number of pyridine rings is 1. The van der Waals surface area contributed by atoms with E-state index in [1.807, 2.05) is 6.92 Å². The molecular formula is C14H17FIN5. The molecule has 0 spiro atoms. The average Bonchev–Trinajstić information content (AvgIpc) is 2.48. The topological polar surface area (TPSA) is 62.7 Å². The van der Waals surface area contributed by atoms with Crippen molar-refractivity contribution in [1.29, 1.82) is 0 Å². The Morgan fingerprint density at radius 1 is 1.24 bits per heavy atom. The van der Waals surface area contributed by atoms with Gasteiger partial charge in [0.25, 0.3) is 0 Å². The first kappa shape index (κ1) is 15.9. The Kier molecular flexibility index (Phi) is 5.66. The van der Waals surface area contributed by atoms with Crippen LogP contribution in [0.1, 0.15) is 26.0 Å². The van der Waals surface area contributed by atoms with Crippen molar-refractivity contribution in [3.63, 3.8) is 0 Å². The molecule has 2 aromatic heterocycles. The molecular weight excluding hydrogens is 384 g/mol. The van der Waals surface area contributed by atoms with Crippen molar-refractivity contribution in [2.24, 2.45) is 0 Å². The number of rotatable bonds is 6. The van der Waals surface area contributed by atoms with Crippen LogP contribution in [0.3, 0.4) is 0 Å². The highest BCUT2D eigenvalue weighted by Gasteiger charge is 2.07. The molecule has 0 aliphatic carbocycles. The Labute approximate surface area is 136 Å². The van der Waals surface area contributed by atoms with E-state index in [9.17, 15) is 4.39 Å². The van der Waals surface area contributed by atoms with Gasteiger partial charge in [0.1, 0.15) is 11.6 Å². The number of nitrogens with one attached hydrogen (secondary N) is 2. The van der Waals surface area contributed by atoms with Gasteiger partial charge in [-0.2, -0.15) is 4.98 Å². The Hall–Kier alpha value is -1.51. The van der Waals surface area contributed by atoms with Crippen LogP contribution in [-0.2, 0) is 6.42 Å². The molecule has 0 fully saturated rings. The summed E-state index contributed by atoms with van der Waals surface area (Å²) in [5.74, 6) is 0.866. The van der Waals surface area contributed by atoms with E-state index in [4.69, 9.17) is 0 Å². The van der Waals surface area contributed by atoms with Crippen molar-refractivity contribution in [1.82, 2.24) is 15.0 Å². The molecule has 0 saturated carbocycles. The fourth-order valence-corrected chi connectivity index (χ4v) is 2.17. The van der Waals surface area contributed by atoms with Gasteiger partial charge in [-0.15, -0.1) is 0 Å². The number of nitrogens with zero attached hydrogens (tertiary/aromatic N) is 3. The lowest BCUT2D eigenvalue weighted by Crippen LogP contribution is -2.07. The second kappa shape index (κ2) is 7.48. The highest BCUT2D eigenvalue weighted by Crippen LogP contribution is 2.19. The van der Waals surface area contributed by atoms with Crippen molar-refractivity contribution >= 4 is 40.0 Å². The fourth-order valence-electron chi connectivity index (χ4n) is 1.72. The van der Waals surface area contributed by atoms with Crippen LogP contribution in [0, 0.1) is 9.39 Å². The second-order valence-electron chi connectivity index (χ2n) is 4.45. The Morgan fingerprint density at radius 2 is 2.05 bits per heavy atom. The minimum atomic E-state index is -0.322. The summed E-state index contributed by atoms with van der Waals surface area (Å²) in [5, 5.41) is 6.20. The van der Waals surface area contributed by atoms with Crippen molar-refractivity contribution in [3.8, 4) is 0 Å². The summed E-state index contributed by atoms with van der Waals surface area (Å²) in [6.45, 7) is 4.80. The van der Waals surface area contributed by atoms with Crippen molar-refractivity contribution in [2.45, 2.75) is 26.7 Å². The van der Waals surface area contributed by atoms with E-state index >= 15 is 0 Å². The van der Waals surface area contributed by atoms with Crippen LogP contribution >= 0.6 is 22.6 Å². The fraction of sp³-hybridized carbons (Fsp3) is 0.357. The minimum Gasteiger partial charge on any atom is -0.369 e. The molecule has 7 heteroatoms. The van der Waals surface area contributed by atoms with Crippen LogP contribution in [0.4, 0.5) is 21.8 Å². The van der Waals surface area contributed by atoms with Gasteiger partial charge in [0, 0.05) is 18.8 Å². The van der Waals surface area contributed by atoms with Crippen molar-refractivity contribution in [3.05, 3.63) is 33.5 Å². The zero-order valence-electron chi connectivity index (χ0n) is 12.0. The molecule has 2 heterocycles. The Balaban J connectivity index is 2.17. The molecule has 2 rings (SSSR count). The third-order valence-electron chi connectivity index (χ3n) is 2.79. The molecule has 2 aromatic rings. The van der Waals surface area contributed by atoms with Gasteiger partial charge >= 0.3 is 0 Å². The largest absolute Gasteiger partial charge is 0.369 e. The summed E-state index contributed by atoms with van der Waals surface area (Å²) in [6, 6.07) is 1.41. The maximum absolute atomic E-state index is 13.7.